The zero-order chi connectivity index (χ0) is 15.6. The number of rotatable bonds is 8. The Morgan fingerprint density at radius 3 is 2.52 bits per heavy atom. The van der Waals surface area contributed by atoms with E-state index in [9.17, 15) is 9.59 Å². The van der Waals surface area contributed by atoms with Gasteiger partial charge in [-0.1, -0.05) is 20.3 Å². The maximum atomic E-state index is 11.7. The summed E-state index contributed by atoms with van der Waals surface area (Å²) in [6.45, 7) is 5.87. The van der Waals surface area contributed by atoms with Crippen LogP contribution in [0, 0.1) is 0 Å². The van der Waals surface area contributed by atoms with Gasteiger partial charge in [0, 0.05) is 19.5 Å². The number of carbonyl (C=O) groups is 2. The summed E-state index contributed by atoms with van der Waals surface area (Å²) in [5, 5.41) is 5.29. The van der Waals surface area contributed by atoms with Crippen molar-refractivity contribution in [1.29, 1.82) is 0 Å². The van der Waals surface area contributed by atoms with Crippen LogP contribution in [-0.2, 0) is 14.2 Å². The van der Waals surface area contributed by atoms with Crippen LogP contribution < -0.4 is 10.6 Å². The topological polar surface area (TPSA) is 85.9 Å². The second-order valence-electron chi connectivity index (χ2n) is 5.16. The van der Waals surface area contributed by atoms with Crippen LogP contribution >= 0.6 is 0 Å². The molecule has 1 saturated heterocycles. The first-order valence-corrected chi connectivity index (χ1v) is 7.57. The van der Waals surface area contributed by atoms with Crippen molar-refractivity contribution in [3.63, 3.8) is 0 Å². The van der Waals surface area contributed by atoms with Crippen LogP contribution in [0.3, 0.4) is 0 Å². The molecule has 0 aromatic carbocycles. The standard InChI is InChI=1S/C14H26N2O5/c1-3-5-8-16-12(17)20-11-14(6-9-19-10-14)21-13(18)15-7-4-2/h3-11H2,1-2H3,(H,15,18)(H,16,17). The molecule has 0 spiro atoms. The minimum absolute atomic E-state index is 0.00447. The van der Waals surface area contributed by atoms with E-state index in [1.807, 2.05) is 13.8 Å². The monoisotopic (exact) mass is 302 g/mol. The molecule has 0 aromatic heterocycles. The maximum Gasteiger partial charge on any atom is 0.407 e. The van der Waals surface area contributed by atoms with E-state index in [2.05, 4.69) is 10.6 Å². The summed E-state index contributed by atoms with van der Waals surface area (Å²) in [5.74, 6) is 0. The highest BCUT2D eigenvalue weighted by Crippen LogP contribution is 2.24. The Hall–Kier alpha value is -1.50. The molecule has 21 heavy (non-hydrogen) atoms. The van der Waals surface area contributed by atoms with Gasteiger partial charge in [-0.15, -0.1) is 0 Å². The first kappa shape index (κ1) is 17.6. The lowest BCUT2D eigenvalue weighted by molar-refractivity contribution is -0.0389. The quantitative estimate of drug-likeness (QED) is 0.668. The van der Waals surface area contributed by atoms with Crippen LogP contribution in [0.4, 0.5) is 9.59 Å². The minimum Gasteiger partial charge on any atom is -0.445 e. The number of hydrogen-bond acceptors (Lipinski definition) is 5. The van der Waals surface area contributed by atoms with E-state index < -0.39 is 17.8 Å². The number of ether oxygens (including phenoxy) is 3. The van der Waals surface area contributed by atoms with Gasteiger partial charge in [0.05, 0.1) is 13.2 Å². The number of carbonyl (C=O) groups excluding carboxylic acids is 2. The SMILES string of the molecule is CCCCNC(=O)OCC1(OC(=O)NCCC)CCOC1. The van der Waals surface area contributed by atoms with Gasteiger partial charge in [0.2, 0.25) is 0 Å². The number of amides is 2. The zero-order valence-electron chi connectivity index (χ0n) is 12.9. The van der Waals surface area contributed by atoms with Gasteiger partial charge in [0.1, 0.15) is 6.61 Å². The second kappa shape index (κ2) is 9.44. The molecule has 7 heteroatoms. The molecule has 1 fully saturated rings. The van der Waals surface area contributed by atoms with Crippen LogP contribution in [-0.4, -0.2) is 50.7 Å². The van der Waals surface area contributed by atoms with Gasteiger partial charge in [0.25, 0.3) is 0 Å². The van der Waals surface area contributed by atoms with E-state index in [-0.39, 0.29) is 13.2 Å². The van der Waals surface area contributed by atoms with Crippen molar-refractivity contribution in [2.75, 3.05) is 32.9 Å². The zero-order valence-corrected chi connectivity index (χ0v) is 12.9. The Kier molecular flexibility index (Phi) is 7.89. The molecule has 0 saturated carbocycles. The fourth-order valence-corrected chi connectivity index (χ4v) is 1.89. The lowest BCUT2D eigenvalue weighted by Crippen LogP contribution is -2.45. The van der Waals surface area contributed by atoms with Crippen LogP contribution in [0.25, 0.3) is 0 Å². The van der Waals surface area contributed by atoms with Gasteiger partial charge >= 0.3 is 12.2 Å². The van der Waals surface area contributed by atoms with Crippen LogP contribution in [0.2, 0.25) is 0 Å². The third-order valence-electron chi connectivity index (χ3n) is 3.16. The first-order chi connectivity index (χ1) is 10.1. The minimum atomic E-state index is -0.875. The van der Waals surface area contributed by atoms with Gasteiger partial charge in [-0.05, 0) is 12.8 Å². The summed E-state index contributed by atoms with van der Waals surface area (Å²) < 4.78 is 15.8. The number of unbranched alkanes of at least 4 members (excludes halogenated alkanes) is 1. The Labute approximate surface area is 125 Å². The van der Waals surface area contributed by atoms with Crippen molar-refractivity contribution in [2.24, 2.45) is 0 Å². The van der Waals surface area contributed by atoms with Crippen LogP contribution in [0.5, 0.6) is 0 Å². The molecule has 1 aliphatic rings. The largest absolute Gasteiger partial charge is 0.445 e. The van der Waals surface area contributed by atoms with Crippen molar-refractivity contribution in [2.45, 2.75) is 45.1 Å². The molecule has 1 atom stereocenters. The van der Waals surface area contributed by atoms with E-state index in [0.717, 1.165) is 19.3 Å². The van der Waals surface area contributed by atoms with Crippen molar-refractivity contribution in [1.82, 2.24) is 10.6 Å². The molecule has 1 unspecified atom stereocenters. The van der Waals surface area contributed by atoms with Gasteiger partial charge in [-0.25, -0.2) is 9.59 Å². The summed E-state index contributed by atoms with van der Waals surface area (Å²) in [6, 6.07) is 0. The molecule has 1 rings (SSSR count). The van der Waals surface area contributed by atoms with Gasteiger partial charge in [-0.3, -0.25) is 0 Å². The summed E-state index contributed by atoms with van der Waals surface area (Å²) in [4.78, 5) is 23.2. The fraction of sp³-hybridized carbons (Fsp3) is 0.857. The smallest absolute Gasteiger partial charge is 0.407 e. The van der Waals surface area contributed by atoms with Gasteiger partial charge in [-0.2, -0.15) is 0 Å². The predicted octanol–water partition coefficient (Wildman–Crippen LogP) is 1.81. The third-order valence-corrected chi connectivity index (χ3v) is 3.16. The second-order valence-corrected chi connectivity index (χ2v) is 5.16. The lowest BCUT2D eigenvalue weighted by atomic mass is 10.1. The molecule has 2 amide bonds. The van der Waals surface area contributed by atoms with Gasteiger partial charge < -0.3 is 24.8 Å². The predicted molar refractivity (Wildman–Crippen MR) is 77.2 cm³/mol. The van der Waals surface area contributed by atoms with E-state index >= 15 is 0 Å². The summed E-state index contributed by atoms with van der Waals surface area (Å²) in [6.07, 6.45) is 2.26. The number of alkyl carbamates (subject to hydrolysis) is 2. The highest BCUT2D eigenvalue weighted by molar-refractivity contribution is 5.68. The molecule has 1 aliphatic heterocycles. The Morgan fingerprint density at radius 2 is 1.90 bits per heavy atom. The normalized spacial score (nSPS) is 20.9. The first-order valence-electron chi connectivity index (χ1n) is 7.57. The van der Waals surface area contributed by atoms with Crippen LogP contribution in [0.15, 0.2) is 0 Å². The Bertz CT molecular complexity index is 329. The van der Waals surface area contributed by atoms with Crippen LogP contribution in [0.1, 0.15) is 39.5 Å². The molecule has 0 aliphatic carbocycles. The third kappa shape index (κ3) is 6.66. The van der Waals surface area contributed by atoms with Crippen molar-refractivity contribution < 1.29 is 23.8 Å². The van der Waals surface area contributed by atoms with Gasteiger partial charge in [0.15, 0.2) is 5.60 Å². The van der Waals surface area contributed by atoms with E-state index in [1.54, 1.807) is 0 Å². The average Bonchev–Trinajstić information content (AvgIpc) is 2.92. The highest BCUT2D eigenvalue weighted by Gasteiger charge is 2.40. The average molecular weight is 302 g/mol. The molecule has 0 bridgehead atoms. The molecule has 0 radical (unpaired) electrons. The van der Waals surface area contributed by atoms with E-state index in [0.29, 0.717) is 26.1 Å². The molecular weight excluding hydrogens is 276 g/mol. The summed E-state index contributed by atoms with van der Waals surface area (Å²) in [5.41, 5.74) is -0.875. The van der Waals surface area contributed by atoms with E-state index in [1.165, 1.54) is 0 Å². The highest BCUT2D eigenvalue weighted by atomic mass is 16.6. The maximum absolute atomic E-state index is 11.7. The molecule has 0 aromatic rings. The number of hydrogen-bond donors (Lipinski definition) is 2. The molecule has 122 valence electrons. The molecular formula is C14H26N2O5. The molecule has 7 nitrogen and oxygen atoms in total. The van der Waals surface area contributed by atoms with Crippen molar-refractivity contribution in [3.05, 3.63) is 0 Å². The van der Waals surface area contributed by atoms with E-state index in [4.69, 9.17) is 14.2 Å². The van der Waals surface area contributed by atoms with Crippen molar-refractivity contribution in [3.8, 4) is 0 Å². The summed E-state index contributed by atoms with van der Waals surface area (Å²) in [7, 11) is 0. The Balaban J connectivity index is 2.38. The van der Waals surface area contributed by atoms with Crippen molar-refractivity contribution >= 4 is 12.2 Å². The Morgan fingerprint density at radius 1 is 1.14 bits per heavy atom. The molecule has 1 heterocycles. The molecule has 2 N–H and O–H groups in total. The lowest BCUT2D eigenvalue weighted by Gasteiger charge is -2.27. The fourth-order valence-electron chi connectivity index (χ4n) is 1.89. The summed E-state index contributed by atoms with van der Waals surface area (Å²) >= 11 is 0. The number of nitrogens with one attached hydrogen (secondary N) is 2.